The first-order valence-electron chi connectivity index (χ1n) is 6.46. The second-order valence-corrected chi connectivity index (χ2v) is 4.79. The molecule has 0 saturated carbocycles. The van der Waals surface area contributed by atoms with Crippen molar-refractivity contribution >= 4 is 5.69 Å². The lowest BCUT2D eigenvalue weighted by Crippen LogP contribution is -2.07. The molecule has 0 fully saturated rings. The summed E-state index contributed by atoms with van der Waals surface area (Å²) in [5, 5.41) is 3.49. The number of rotatable bonds is 3. The third kappa shape index (κ3) is 2.36. The molecule has 98 valence electrons. The van der Waals surface area contributed by atoms with E-state index in [-0.39, 0.29) is 6.04 Å². The number of hydrogen-bond donors (Lipinski definition) is 1. The smallest absolute Gasteiger partial charge is 0.231 e. The molecule has 0 radical (unpaired) electrons. The Balaban J connectivity index is 1.80. The van der Waals surface area contributed by atoms with E-state index in [4.69, 9.17) is 9.47 Å². The maximum atomic E-state index is 5.39. The number of anilines is 1. The summed E-state index contributed by atoms with van der Waals surface area (Å²) >= 11 is 0. The topological polar surface area (TPSA) is 30.5 Å². The van der Waals surface area contributed by atoms with E-state index in [9.17, 15) is 0 Å². The largest absolute Gasteiger partial charge is 0.454 e. The van der Waals surface area contributed by atoms with Crippen LogP contribution in [0.4, 0.5) is 5.69 Å². The van der Waals surface area contributed by atoms with Crippen LogP contribution in [0.25, 0.3) is 0 Å². The van der Waals surface area contributed by atoms with Crippen molar-refractivity contribution in [2.45, 2.75) is 19.9 Å². The number of nitrogens with one attached hydrogen (secondary N) is 1. The van der Waals surface area contributed by atoms with Gasteiger partial charge in [-0.25, -0.2) is 0 Å². The average molecular weight is 255 g/mol. The highest BCUT2D eigenvalue weighted by molar-refractivity contribution is 5.56. The molecule has 2 aromatic rings. The minimum absolute atomic E-state index is 0.251. The van der Waals surface area contributed by atoms with Gasteiger partial charge in [-0.3, -0.25) is 0 Å². The fourth-order valence-corrected chi connectivity index (χ4v) is 2.39. The van der Waals surface area contributed by atoms with Gasteiger partial charge in [-0.2, -0.15) is 0 Å². The van der Waals surface area contributed by atoms with E-state index in [1.807, 2.05) is 18.2 Å². The zero-order chi connectivity index (χ0) is 13.2. The molecule has 3 nitrogen and oxygen atoms in total. The molecule has 2 aromatic carbocycles. The SMILES string of the molecule is Cc1ccccc1C(C)Nc1ccc2c(c1)OCO2. The second-order valence-electron chi connectivity index (χ2n) is 4.79. The van der Waals surface area contributed by atoms with E-state index in [1.165, 1.54) is 11.1 Å². The Morgan fingerprint density at radius 3 is 2.68 bits per heavy atom. The molecule has 0 spiro atoms. The molecule has 1 N–H and O–H groups in total. The van der Waals surface area contributed by atoms with Gasteiger partial charge in [0.05, 0.1) is 0 Å². The monoisotopic (exact) mass is 255 g/mol. The van der Waals surface area contributed by atoms with E-state index < -0.39 is 0 Å². The summed E-state index contributed by atoms with van der Waals surface area (Å²) in [5.41, 5.74) is 3.64. The van der Waals surface area contributed by atoms with Gasteiger partial charge in [0.25, 0.3) is 0 Å². The predicted molar refractivity (Wildman–Crippen MR) is 75.8 cm³/mol. The zero-order valence-corrected chi connectivity index (χ0v) is 11.1. The fraction of sp³-hybridized carbons (Fsp3) is 0.250. The van der Waals surface area contributed by atoms with E-state index in [0.717, 1.165) is 17.2 Å². The van der Waals surface area contributed by atoms with Crippen LogP contribution in [-0.2, 0) is 0 Å². The van der Waals surface area contributed by atoms with Crippen LogP contribution in [0.15, 0.2) is 42.5 Å². The van der Waals surface area contributed by atoms with Crippen molar-refractivity contribution in [3.8, 4) is 11.5 Å². The van der Waals surface area contributed by atoms with Gasteiger partial charge in [0.2, 0.25) is 6.79 Å². The zero-order valence-electron chi connectivity index (χ0n) is 11.1. The number of hydrogen-bond acceptors (Lipinski definition) is 3. The maximum absolute atomic E-state index is 5.39. The Bertz CT molecular complexity index is 595. The van der Waals surface area contributed by atoms with E-state index in [2.05, 4.69) is 43.4 Å². The normalized spacial score (nSPS) is 14.2. The van der Waals surface area contributed by atoms with Crippen LogP contribution < -0.4 is 14.8 Å². The van der Waals surface area contributed by atoms with Gasteiger partial charge in [-0.05, 0) is 37.1 Å². The van der Waals surface area contributed by atoms with Gasteiger partial charge in [0.15, 0.2) is 11.5 Å². The molecule has 1 aliphatic rings. The minimum atomic E-state index is 0.251. The summed E-state index contributed by atoms with van der Waals surface area (Å²) in [6, 6.07) is 14.6. The molecule has 1 aliphatic heterocycles. The van der Waals surface area contributed by atoms with Crippen LogP contribution in [-0.4, -0.2) is 6.79 Å². The number of fused-ring (bicyclic) bond motifs is 1. The molecule has 1 atom stereocenters. The van der Waals surface area contributed by atoms with Crippen molar-refractivity contribution in [1.29, 1.82) is 0 Å². The summed E-state index contributed by atoms with van der Waals surface area (Å²) in [6.45, 7) is 4.60. The van der Waals surface area contributed by atoms with Crippen molar-refractivity contribution in [3.63, 3.8) is 0 Å². The summed E-state index contributed by atoms with van der Waals surface area (Å²) in [5.74, 6) is 1.62. The highest BCUT2D eigenvalue weighted by Crippen LogP contribution is 2.35. The van der Waals surface area contributed by atoms with Gasteiger partial charge in [-0.1, -0.05) is 24.3 Å². The maximum Gasteiger partial charge on any atom is 0.231 e. The lowest BCUT2D eigenvalue weighted by atomic mass is 10.0. The summed E-state index contributed by atoms with van der Waals surface area (Å²) in [6.07, 6.45) is 0. The number of benzene rings is 2. The van der Waals surface area contributed by atoms with Crippen molar-refractivity contribution in [3.05, 3.63) is 53.6 Å². The third-order valence-corrected chi connectivity index (χ3v) is 3.41. The molecule has 0 aliphatic carbocycles. The molecule has 0 amide bonds. The molecular weight excluding hydrogens is 238 g/mol. The molecule has 1 heterocycles. The number of ether oxygens (including phenoxy) is 2. The quantitative estimate of drug-likeness (QED) is 0.902. The van der Waals surface area contributed by atoms with E-state index in [0.29, 0.717) is 6.79 Å². The lowest BCUT2D eigenvalue weighted by molar-refractivity contribution is 0.174. The lowest BCUT2D eigenvalue weighted by Gasteiger charge is -2.18. The predicted octanol–water partition coefficient (Wildman–Crippen LogP) is 3.90. The average Bonchev–Trinajstić information content (AvgIpc) is 2.86. The van der Waals surface area contributed by atoms with Crippen molar-refractivity contribution < 1.29 is 9.47 Å². The van der Waals surface area contributed by atoms with Crippen LogP contribution in [0.1, 0.15) is 24.1 Å². The van der Waals surface area contributed by atoms with Crippen LogP contribution >= 0.6 is 0 Å². The van der Waals surface area contributed by atoms with Crippen LogP contribution in [0.2, 0.25) is 0 Å². The Hall–Kier alpha value is -2.16. The molecule has 3 rings (SSSR count). The summed E-state index contributed by atoms with van der Waals surface area (Å²) in [4.78, 5) is 0. The van der Waals surface area contributed by atoms with Crippen molar-refractivity contribution in [2.75, 3.05) is 12.1 Å². The standard InChI is InChI=1S/C16H17NO2/c1-11-5-3-4-6-14(11)12(2)17-13-7-8-15-16(9-13)19-10-18-15/h3-9,12,17H,10H2,1-2H3. The van der Waals surface area contributed by atoms with Gasteiger partial charge in [0.1, 0.15) is 0 Å². The van der Waals surface area contributed by atoms with Gasteiger partial charge >= 0.3 is 0 Å². The molecule has 0 saturated heterocycles. The van der Waals surface area contributed by atoms with E-state index >= 15 is 0 Å². The third-order valence-electron chi connectivity index (χ3n) is 3.41. The molecule has 3 heteroatoms. The highest BCUT2D eigenvalue weighted by atomic mass is 16.7. The first-order chi connectivity index (χ1) is 9.24. The second kappa shape index (κ2) is 4.84. The fourth-order valence-electron chi connectivity index (χ4n) is 2.39. The summed E-state index contributed by atoms with van der Waals surface area (Å²) in [7, 11) is 0. The Kier molecular flexibility index (Phi) is 3.03. The summed E-state index contributed by atoms with van der Waals surface area (Å²) < 4.78 is 10.7. The number of aryl methyl sites for hydroxylation is 1. The minimum Gasteiger partial charge on any atom is -0.454 e. The Morgan fingerprint density at radius 2 is 1.84 bits per heavy atom. The molecule has 19 heavy (non-hydrogen) atoms. The molecule has 0 aromatic heterocycles. The Labute approximate surface area is 113 Å². The van der Waals surface area contributed by atoms with Crippen LogP contribution in [0, 0.1) is 6.92 Å². The first-order valence-corrected chi connectivity index (χ1v) is 6.46. The van der Waals surface area contributed by atoms with Crippen LogP contribution in [0.5, 0.6) is 11.5 Å². The van der Waals surface area contributed by atoms with Gasteiger partial charge < -0.3 is 14.8 Å². The first kappa shape index (κ1) is 11.9. The highest BCUT2D eigenvalue weighted by Gasteiger charge is 2.14. The molecular formula is C16H17NO2. The van der Waals surface area contributed by atoms with Gasteiger partial charge in [0, 0.05) is 17.8 Å². The van der Waals surface area contributed by atoms with Crippen molar-refractivity contribution in [2.24, 2.45) is 0 Å². The van der Waals surface area contributed by atoms with Gasteiger partial charge in [-0.15, -0.1) is 0 Å². The molecule has 1 unspecified atom stereocenters. The van der Waals surface area contributed by atoms with Crippen molar-refractivity contribution in [1.82, 2.24) is 0 Å². The molecule has 0 bridgehead atoms. The Morgan fingerprint density at radius 1 is 1.05 bits per heavy atom. The van der Waals surface area contributed by atoms with E-state index in [1.54, 1.807) is 0 Å². The van der Waals surface area contributed by atoms with Crippen LogP contribution in [0.3, 0.4) is 0 Å².